The van der Waals surface area contributed by atoms with Gasteiger partial charge in [0.15, 0.2) is 5.82 Å². The fourth-order valence-corrected chi connectivity index (χ4v) is 0.920. The second kappa shape index (κ2) is 2.60. The van der Waals surface area contributed by atoms with E-state index in [0.29, 0.717) is 17.1 Å². The van der Waals surface area contributed by atoms with Gasteiger partial charge in [0.25, 0.3) is 0 Å². The molecular formula is C6H8N4O. The summed E-state index contributed by atoms with van der Waals surface area (Å²) in [5, 5.41) is 21.1. The van der Waals surface area contributed by atoms with Gasteiger partial charge in [-0.1, -0.05) is 0 Å². The summed E-state index contributed by atoms with van der Waals surface area (Å²) in [5.41, 5.74) is 2.89. The highest BCUT2D eigenvalue weighted by Crippen LogP contribution is 2.15. The quantitative estimate of drug-likeness (QED) is 0.571. The Bertz CT molecular complexity index is 309. The highest BCUT2D eigenvalue weighted by atomic mass is 16.5. The summed E-state index contributed by atoms with van der Waals surface area (Å²) in [7, 11) is 1.65. The summed E-state index contributed by atoms with van der Waals surface area (Å²) in [5.74, 6) is 0.324. The minimum Gasteiger partial charge on any atom is -0.290 e. The third kappa shape index (κ3) is 1.04. The molecule has 0 fully saturated rings. The smallest absolute Gasteiger partial charge is 0.166 e. The molecule has 2 N–H and O–H groups in total. The second-order valence-corrected chi connectivity index (χ2v) is 2.16. The molecule has 5 nitrogen and oxygen atoms in total. The zero-order valence-electron chi connectivity index (χ0n) is 6.29. The molecule has 1 aromatic rings. The molecule has 1 rings (SSSR count). The molecule has 0 saturated heterocycles. The van der Waals surface area contributed by atoms with Crippen LogP contribution in [0.15, 0.2) is 0 Å². The van der Waals surface area contributed by atoms with Crippen LogP contribution < -0.4 is 5.48 Å². The molecule has 0 aliphatic carbocycles. The van der Waals surface area contributed by atoms with Crippen LogP contribution in [0, 0.1) is 18.3 Å². The molecule has 0 unspecified atom stereocenters. The van der Waals surface area contributed by atoms with E-state index in [1.54, 1.807) is 14.0 Å². The maximum Gasteiger partial charge on any atom is 0.166 e. The zero-order chi connectivity index (χ0) is 8.43. The van der Waals surface area contributed by atoms with Crippen LogP contribution in [0.3, 0.4) is 0 Å². The van der Waals surface area contributed by atoms with E-state index >= 15 is 0 Å². The molecule has 0 spiro atoms. The lowest BCUT2D eigenvalue weighted by molar-refractivity contribution is 0.381. The Morgan fingerprint density at radius 2 is 2.36 bits per heavy atom. The van der Waals surface area contributed by atoms with E-state index in [9.17, 15) is 0 Å². The third-order valence-corrected chi connectivity index (χ3v) is 1.44. The summed E-state index contributed by atoms with van der Waals surface area (Å²) < 4.78 is 1.41. The number of nitriles is 1. The van der Waals surface area contributed by atoms with Crippen LogP contribution >= 0.6 is 0 Å². The van der Waals surface area contributed by atoms with Crippen LogP contribution in [-0.4, -0.2) is 15.0 Å². The Morgan fingerprint density at radius 3 is 2.73 bits per heavy atom. The third-order valence-electron chi connectivity index (χ3n) is 1.44. The number of aromatic nitrogens is 2. The van der Waals surface area contributed by atoms with Crippen molar-refractivity contribution in [2.24, 2.45) is 7.05 Å². The fourth-order valence-electron chi connectivity index (χ4n) is 0.920. The minimum atomic E-state index is 0.324. The summed E-state index contributed by atoms with van der Waals surface area (Å²) in [4.78, 5) is 0. The molecule has 0 aromatic carbocycles. The van der Waals surface area contributed by atoms with Crippen LogP contribution in [0.1, 0.15) is 11.3 Å². The molecule has 0 saturated carbocycles. The van der Waals surface area contributed by atoms with Crippen molar-refractivity contribution in [3.8, 4) is 6.07 Å². The maximum atomic E-state index is 8.59. The molecule has 0 aliphatic heterocycles. The molecule has 0 amide bonds. The van der Waals surface area contributed by atoms with E-state index in [1.165, 1.54) is 4.68 Å². The first-order chi connectivity index (χ1) is 5.20. The number of hydrogen-bond donors (Lipinski definition) is 2. The maximum absolute atomic E-state index is 8.59. The van der Waals surface area contributed by atoms with Gasteiger partial charge in [0, 0.05) is 7.05 Å². The molecule has 1 heterocycles. The van der Waals surface area contributed by atoms with Gasteiger partial charge >= 0.3 is 0 Å². The molecule has 5 heteroatoms. The molecule has 0 bridgehead atoms. The largest absolute Gasteiger partial charge is 0.290 e. The zero-order valence-corrected chi connectivity index (χ0v) is 6.29. The van der Waals surface area contributed by atoms with Gasteiger partial charge < -0.3 is 0 Å². The Hall–Kier alpha value is -1.54. The molecular weight excluding hydrogens is 144 g/mol. The number of anilines is 1. The first-order valence-electron chi connectivity index (χ1n) is 3.04. The van der Waals surface area contributed by atoms with Crippen LogP contribution in [0.25, 0.3) is 0 Å². The van der Waals surface area contributed by atoms with Gasteiger partial charge in [0.2, 0.25) is 0 Å². The molecule has 0 radical (unpaired) electrons. The van der Waals surface area contributed by atoms with Gasteiger partial charge in [-0.25, -0.2) is 4.68 Å². The lowest BCUT2D eigenvalue weighted by atomic mass is 10.3. The second-order valence-electron chi connectivity index (χ2n) is 2.16. The highest BCUT2D eigenvalue weighted by Gasteiger charge is 2.10. The van der Waals surface area contributed by atoms with E-state index in [4.69, 9.17) is 10.5 Å². The Kier molecular flexibility index (Phi) is 1.79. The molecule has 1 aromatic heterocycles. The van der Waals surface area contributed by atoms with Crippen LogP contribution in [0.4, 0.5) is 5.82 Å². The van der Waals surface area contributed by atoms with Gasteiger partial charge in [-0.15, -0.1) is 0 Å². The van der Waals surface area contributed by atoms with Gasteiger partial charge in [-0.2, -0.15) is 10.4 Å². The summed E-state index contributed by atoms with van der Waals surface area (Å²) >= 11 is 0. The molecule has 11 heavy (non-hydrogen) atoms. The SMILES string of the molecule is Cc1nn(C)c(NO)c1C#N. The van der Waals surface area contributed by atoms with E-state index in [0.717, 1.165) is 0 Å². The van der Waals surface area contributed by atoms with Crippen molar-refractivity contribution in [1.29, 1.82) is 5.26 Å². The van der Waals surface area contributed by atoms with Crippen LogP contribution in [-0.2, 0) is 7.05 Å². The van der Waals surface area contributed by atoms with Crippen molar-refractivity contribution in [3.63, 3.8) is 0 Å². The first-order valence-corrected chi connectivity index (χ1v) is 3.04. The van der Waals surface area contributed by atoms with E-state index in [2.05, 4.69) is 5.10 Å². The molecule has 58 valence electrons. The number of aryl methyl sites for hydroxylation is 2. The normalized spacial score (nSPS) is 9.27. The topological polar surface area (TPSA) is 73.9 Å². The number of hydrogen-bond acceptors (Lipinski definition) is 4. The summed E-state index contributed by atoms with van der Waals surface area (Å²) in [6.07, 6.45) is 0. The molecule has 0 aliphatic rings. The Morgan fingerprint density at radius 1 is 1.73 bits per heavy atom. The van der Waals surface area contributed by atoms with E-state index < -0.39 is 0 Å². The summed E-state index contributed by atoms with van der Waals surface area (Å²) in [6, 6.07) is 1.93. The predicted octanol–water partition coefficient (Wildman–Crippen LogP) is 0.401. The van der Waals surface area contributed by atoms with Crippen LogP contribution in [0.5, 0.6) is 0 Å². The lowest BCUT2D eigenvalue weighted by Gasteiger charge is -1.96. The van der Waals surface area contributed by atoms with E-state index in [1.807, 2.05) is 11.5 Å². The summed E-state index contributed by atoms with van der Waals surface area (Å²) in [6.45, 7) is 1.71. The number of rotatable bonds is 1. The Balaban J connectivity index is 3.31. The van der Waals surface area contributed by atoms with Crippen molar-refractivity contribution >= 4 is 5.82 Å². The monoisotopic (exact) mass is 152 g/mol. The highest BCUT2D eigenvalue weighted by molar-refractivity contribution is 5.53. The van der Waals surface area contributed by atoms with Crippen molar-refractivity contribution in [2.45, 2.75) is 6.92 Å². The van der Waals surface area contributed by atoms with Gasteiger partial charge in [-0.05, 0) is 6.92 Å². The van der Waals surface area contributed by atoms with Crippen molar-refractivity contribution in [2.75, 3.05) is 5.48 Å². The van der Waals surface area contributed by atoms with Crippen molar-refractivity contribution in [3.05, 3.63) is 11.3 Å². The minimum absolute atomic E-state index is 0.324. The average molecular weight is 152 g/mol. The first kappa shape index (κ1) is 7.57. The van der Waals surface area contributed by atoms with Crippen molar-refractivity contribution < 1.29 is 5.21 Å². The lowest BCUT2D eigenvalue weighted by Crippen LogP contribution is -1.99. The predicted molar refractivity (Wildman–Crippen MR) is 38.1 cm³/mol. The molecule has 0 atom stereocenters. The number of nitrogens with zero attached hydrogens (tertiary/aromatic N) is 3. The van der Waals surface area contributed by atoms with E-state index in [-0.39, 0.29) is 0 Å². The van der Waals surface area contributed by atoms with Gasteiger partial charge in [0.05, 0.1) is 5.69 Å². The van der Waals surface area contributed by atoms with Gasteiger partial charge in [-0.3, -0.25) is 10.7 Å². The standard InChI is InChI=1S/C6H8N4O/c1-4-5(3-7)6(9-11)10(2)8-4/h9,11H,1-2H3. The fraction of sp³-hybridized carbons (Fsp3) is 0.333. The van der Waals surface area contributed by atoms with Crippen molar-refractivity contribution in [1.82, 2.24) is 9.78 Å². The average Bonchev–Trinajstić information content (AvgIpc) is 2.24. The Labute approximate surface area is 63.8 Å². The van der Waals surface area contributed by atoms with Gasteiger partial charge in [0.1, 0.15) is 11.6 Å². The van der Waals surface area contributed by atoms with Crippen LogP contribution in [0.2, 0.25) is 0 Å². The number of nitrogens with one attached hydrogen (secondary N) is 1.